The number of sulfonamides is 1. The highest BCUT2D eigenvalue weighted by atomic mass is 32.2. The molecule has 1 saturated carbocycles. The lowest BCUT2D eigenvalue weighted by atomic mass is 9.84. The van der Waals surface area contributed by atoms with Crippen molar-refractivity contribution in [3.8, 4) is 0 Å². The first-order valence-electron chi connectivity index (χ1n) is 18.3. The smallest absolute Gasteiger partial charge is 0.287 e. The average molecular weight is 795 g/mol. The quantitative estimate of drug-likeness (QED) is 0.157. The lowest BCUT2D eigenvalue weighted by Crippen LogP contribution is -2.64. The van der Waals surface area contributed by atoms with Gasteiger partial charge in [0.2, 0.25) is 27.6 Å². The van der Waals surface area contributed by atoms with E-state index in [1.807, 2.05) is 0 Å². The first kappa shape index (κ1) is 41.8. The number of nitrogens with zero attached hydrogens (tertiary/aromatic N) is 4. The Balaban J connectivity index is 1.46. The number of rotatable bonds is 15. The molecular formula is C35H48F2N8O9S. The van der Waals surface area contributed by atoms with Gasteiger partial charge in [-0.05, 0) is 50.5 Å². The maximum atomic E-state index is 14.8. The van der Waals surface area contributed by atoms with Crippen LogP contribution in [0, 0.1) is 5.92 Å². The summed E-state index contributed by atoms with van der Waals surface area (Å²) in [5.74, 6) is -4.24. The van der Waals surface area contributed by atoms with E-state index in [-0.39, 0.29) is 61.8 Å². The maximum absolute atomic E-state index is 14.8. The van der Waals surface area contributed by atoms with Gasteiger partial charge < -0.3 is 31.1 Å². The molecule has 0 unspecified atom stereocenters. The van der Waals surface area contributed by atoms with Gasteiger partial charge in [-0.1, -0.05) is 37.3 Å². The highest BCUT2D eigenvalue weighted by Crippen LogP contribution is 2.34. The van der Waals surface area contributed by atoms with Gasteiger partial charge in [0.15, 0.2) is 0 Å². The van der Waals surface area contributed by atoms with Crippen LogP contribution in [-0.4, -0.2) is 113 Å². The Kier molecular flexibility index (Phi) is 13.0. The number of ether oxygens (including phenoxy) is 1. The zero-order valence-corrected chi connectivity index (χ0v) is 31.5. The van der Waals surface area contributed by atoms with E-state index in [0.717, 1.165) is 44.2 Å². The van der Waals surface area contributed by atoms with Gasteiger partial charge in [-0.15, -0.1) is 5.10 Å². The van der Waals surface area contributed by atoms with Crippen molar-refractivity contribution in [2.45, 2.75) is 112 Å². The minimum Gasteiger partial charge on any atom is -0.384 e. The standard InChI is InChI=1S/C35H48F2N8O9S/c1-34(2,51)27-18-39-43-45(27)23-17-26(32(49)42-35(29(46)30(38)47)12-14-54-15-13-35)44(20-23)33(50)25(16-21-6-4-3-5-7-21)41-31(48)22-8-10-24(11-9-22)55(52,53)40-19-28(36)37/h8-11,18,21,23,25-26,28,40,51H,3-7,12-17,19-20H2,1-2H3,(H2,38,47)(H,41,48)(H,42,49)/t23-,25+,26-/m0/s1. The summed E-state index contributed by atoms with van der Waals surface area (Å²) in [6.07, 6.45) is 3.10. The topological polar surface area (TPSA) is 245 Å². The number of nitrogens with one attached hydrogen (secondary N) is 3. The van der Waals surface area contributed by atoms with E-state index < -0.39 is 81.7 Å². The molecule has 2 saturated heterocycles. The van der Waals surface area contributed by atoms with Crippen LogP contribution in [0.3, 0.4) is 0 Å². The number of aromatic nitrogens is 3. The van der Waals surface area contributed by atoms with Gasteiger partial charge in [-0.3, -0.25) is 24.0 Å². The molecule has 302 valence electrons. The van der Waals surface area contributed by atoms with Gasteiger partial charge >= 0.3 is 0 Å². The molecule has 1 aromatic heterocycles. The van der Waals surface area contributed by atoms with Crippen LogP contribution in [0.2, 0.25) is 0 Å². The molecule has 2 aromatic rings. The van der Waals surface area contributed by atoms with E-state index >= 15 is 0 Å². The lowest BCUT2D eigenvalue weighted by Gasteiger charge is -2.37. The van der Waals surface area contributed by atoms with Crippen molar-refractivity contribution in [2.75, 3.05) is 26.3 Å². The first-order chi connectivity index (χ1) is 25.9. The number of carbonyl (C=O) groups excluding carboxylic acids is 5. The number of ketones is 1. The summed E-state index contributed by atoms with van der Waals surface area (Å²) in [5.41, 5.74) is 2.64. The molecule has 3 atom stereocenters. The third-order valence-corrected chi connectivity index (χ3v) is 12.0. The number of hydrogen-bond donors (Lipinski definition) is 5. The minimum atomic E-state index is -4.28. The summed E-state index contributed by atoms with van der Waals surface area (Å²) in [6.45, 7) is 2.02. The Hall–Kier alpha value is -4.40. The van der Waals surface area contributed by atoms with E-state index in [1.54, 1.807) is 4.72 Å². The number of nitrogens with two attached hydrogens (primary N) is 1. The van der Waals surface area contributed by atoms with E-state index in [4.69, 9.17) is 10.5 Å². The molecule has 3 fully saturated rings. The number of aliphatic hydroxyl groups is 1. The van der Waals surface area contributed by atoms with Crippen molar-refractivity contribution >= 4 is 39.4 Å². The zero-order valence-electron chi connectivity index (χ0n) is 30.7. The van der Waals surface area contributed by atoms with E-state index in [9.17, 15) is 46.3 Å². The normalized spacial score (nSPS) is 21.2. The van der Waals surface area contributed by atoms with Crippen molar-refractivity contribution in [2.24, 2.45) is 11.7 Å². The average Bonchev–Trinajstić information content (AvgIpc) is 3.83. The summed E-state index contributed by atoms with van der Waals surface area (Å²) >= 11 is 0. The van der Waals surface area contributed by atoms with Crippen LogP contribution >= 0.6 is 0 Å². The van der Waals surface area contributed by atoms with Crippen molar-refractivity contribution in [1.29, 1.82) is 0 Å². The Morgan fingerprint density at radius 2 is 1.73 bits per heavy atom. The fourth-order valence-corrected chi connectivity index (χ4v) is 8.59. The number of carbonyl (C=O) groups is 5. The van der Waals surface area contributed by atoms with Gasteiger partial charge in [0.05, 0.1) is 29.4 Å². The van der Waals surface area contributed by atoms with Crippen LogP contribution < -0.4 is 21.1 Å². The molecule has 55 heavy (non-hydrogen) atoms. The number of Topliss-reactive ketones (excluding diaryl/α,β-unsaturated/α-hetero) is 1. The van der Waals surface area contributed by atoms with Gasteiger partial charge in [0.25, 0.3) is 18.2 Å². The summed E-state index contributed by atoms with van der Waals surface area (Å²) in [7, 11) is -4.28. The Bertz CT molecular complexity index is 1840. The molecule has 4 amide bonds. The maximum Gasteiger partial charge on any atom is 0.287 e. The van der Waals surface area contributed by atoms with Crippen LogP contribution in [0.1, 0.15) is 93.7 Å². The van der Waals surface area contributed by atoms with Crippen molar-refractivity contribution in [3.05, 3.63) is 41.7 Å². The molecule has 3 aliphatic rings. The van der Waals surface area contributed by atoms with Crippen molar-refractivity contribution in [3.63, 3.8) is 0 Å². The minimum absolute atomic E-state index is 0.00768. The van der Waals surface area contributed by atoms with Gasteiger partial charge in [-0.2, -0.15) is 0 Å². The summed E-state index contributed by atoms with van der Waals surface area (Å²) in [5, 5.41) is 24.5. The monoisotopic (exact) mass is 794 g/mol. The molecular weight excluding hydrogens is 746 g/mol. The Labute approximate surface area is 317 Å². The molecule has 5 rings (SSSR count). The Morgan fingerprint density at radius 3 is 2.33 bits per heavy atom. The number of halogens is 2. The first-order valence-corrected chi connectivity index (χ1v) is 19.8. The molecule has 20 heteroatoms. The molecule has 0 spiro atoms. The predicted molar refractivity (Wildman–Crippen MR) is 190 cm³/mol. The SMILES string of the molecule is CC(C)(O)c1cnnn1[C@H]1C[C@@H](C(=O)NC2(C(=O)C(N)=O)CCOCC2)N(C(=O)[C@@H](CC2CCCCC2)NC(=O)c2ccc(S(=O)(=O)NCC(F)F)cc2)C1. The van der Waals surface area contributed by atoms with Crippen LogP contribution in [0.5, 0.6) is 0 Å². The van der Waals surface area contributed by atoms with Crippen LogP contribution in [-0.2, 0) is 39.5 Å². The fraction of sp³-hybridized carbons (Fsp3) is 0.629. The van der Waals surface area contributed by atoms with Crippen LogP contribution in [0.25, 0.3) is 0 Å². The van der Waals surface area contributed by atoms with Crippen molar-refractivity contribution < 1.29 is 51.0 Å². The van der Waals surface area contributed by atoms with E-state index in [1.165, 1.54) is 41.8 Å². The fourth-order valence-electron chi connectivity index (χ4n) is 7.58. The molecule has 17 nitrogen and oxygen atoms in total. The molecule has 1 aliphatic carbocycles. The van der Waals surface area contributed by atoms with Crippen LogP contribution in [0.15, 0.2) is 35.4 Å². The third kappa shape index (κ3) is 9.89. The largest absolute Gasteiger partial charge is 0.384 e. The zero-order chi connectivity index (χ0) is 40.1. The molecule has 1 aromatic carbocycles. The number of primary amides is 1. The van der Waals surface area contributed by atoms with Gasteiger partial charge in [0, 0.05) is 44.6 Å². The number of likely N-dealkylation sites (tertiary alicyclic amines) is 1. The van der Waals surface area contributed by atoms with Gasteiger partial charge in [0.1, 0.15) is 23.2 Å². The molecule has 6 N–H and O–H groups in total. The second-order valence-electron chi connectivity index (χ2n) is 14.9. The number of amides is 4. The summed E-state index contributed by atoms with van der Waals surface area (Å²) < 4.78 is 58.8. The number of benzene rings is 1. The third-order valence-electron chi connectivity index (χ3n) is 10.5. The van der Waals surface area contributed by atoms with Crippen molar-refractivity contribution in [1.82, 2.24) is 35.2 Å². The summed E-state index contributed by atoms with van der Waals surface area (Å²) in [6, 6.07) is 1.50. The Morgan fingerprint density at radius 1 is 1.07 bits per heavy atom. The second-order valence-corrected chi connectivity index (χ2v) is 16.7. The molecule has 0 bridgehead atoms. The van der Waals surface area contributed by atoms with E-state index in [0.29, 0.717) is 5.69 Å². The molecule has 2 aliphatic heterocycles. The molecule has 3 heterocycles. The highest BCUT2D eigenvalue weighted by molar-refractivity contribution is 7.89. The van der Waals surface area contributed by atoms with Crippen LogP contribution in [0.4, 0.5) is 8.78 Å². The highest BCUT2D eigenvalue weighted by Gasteiger charge is 2.49. The molecule has 0 radical (unpaired) electrons. The predicted octanol–water partition coefficient (Wildman–Crippen LogP) is 0.680. The van der Waals surface area contributed by atoms with Gasteiger partial charge in [-0.25, -0.2) is 26.6 Å². The number of alkyl halides is 2. The summed E-state index contributed by atoms with van der Waals surface area (Å²) in [4.78, 5) is 68.9. The number of hydrogen-bond acceptors (Lipinski definition) is 11. The lowest BCUT2D eigenvalue weighted by molar-refractivity contribution is -0.147. The second kappa shape index (κ2) is 17.2. The van der Waals surface area contributed by atoms with E-state index in [2.05, 4.69) is 20.9 Å².